The van der Waals surface area contributed by atoms with Gasteiger partial charge in [-0.3, -0.25) is 9.59 Å². The van der Waals surface area contributed by atoms with Crippen LogP contribution in [0.25, 0.3) is 6.08 Å². The number of thiophene rings is 2. The second-order valence-corrected chi connectivity index (χ2v) is 11.6. The van der Waals surface area contributed by atoms with Gasteiger partial charge in [0.2, 0.25) is 5.95 Å². The lowest BCUT2D eigenvalue weighted by Crippen LogP contribution is -2.30. The number of anilines is 2. The van der Waals surface area contributed by atoms with Crippen LogP contribution in [-0.2, 0) is 14.8 Å². The molecule has 0 aliphatic rings. The fourth-order valence-electron chi connectivity index (χ4n) is 3.35. The molecule has 4 aromatic rings. The van der Waals surface area contributed by atoms with Crippen molar-refractivity contribution in [3.63, 3.8) is 0 Å². The molecule has 3 aromatic heterocycles. The van der Waals surface area contributed by atoms with Crippen LogP contribution < -0.4 is 15.4 Å². The Hall–Kier alpha value is -3.87. The highest BCUT2D eigenvalue weighted by Gasteiger charge is 2.20. The topological polar surface area (TPSA) is 130 Å². The molecule has 4 rings (SSSR count). The molecule has 0 saturated heterocycles. The number of hydrogen-bond acceptors (Lipinski definition) is 8. The summed E-state index contributed by atoms with van der Waals surface area (Å²) < 4.78 is 28.2. The summed E-state index contributed by atoms with van der Waals surface area (Å²) in [5, 5.41) is 9.08. The van der Waals surface area contributed by atoms with Crippen molar-refractivity contribution in [2.45, 2.75) is 25.7 Å². The molecule has 190 valence electrons. The van der Waals surface area contributed by atoms with E-state index in [9.17, 15) is 18.0 Å². The van der Waals surface area contributed by atoms with Crippen LogP contribution in [0, 0.1) is 20.8 Å². The number of rotatable bonds is 8. The van der Waals surface area contributed by atoms with Gasteiger partial charge >= 0.3 is 0 Å². The lowest BCUT2D eigenvalue weighted by molar-refractivity contribution is -0.113. The molecule has 0 atom stereocenters. The minimum absolute atomic E-state index is 0.00823. The zero-order valence-electron chi connectivity index (χ0n) is 20.1. The maximum absolute atomic E-state index is 13.1. The first-order valence-corrected chi connectivity index (χ1v) is 14.2. The van der Waals surface area contributed by atoms with Crippen molar-refractivity contribution in [1.82, 2.24) is 15.3 Å². The van der Waals surface area contributed by atoms with Gasteiger partial charge in [-0.25, -0.2) is 23.1 Å². The number of amides is 2. The third-order valence-electron chi connectivity index (χ3n) is 5.03. The maximum atomic E-state index is 13.1. The van der Waals surface area contributed by atoms with E-state index in [0.29, 0.717) is 27.5 Å². The number of benzene rings is 1. The molecule has 0 saturated carbocycles. The third-order valence-corrected chi connectivity index (χ3v) is 8.05. The highest BCUT2D eigenvalue weighted by molar-refractivity contribution is 7.92. The molecule has 37 heavy (non-hydrogen) atoms. The molecule has 3 N–H and O–H groups in total. The predicted molar refractivity (Wildman–Crippen MR) is 146 cm³/mol. The molecule has 0 bridgehead atoms. The van der Waals surface area contributed by atoms with Crippen LogP contribution in [0.5, 0.6) is 0 Å². The zero-order valence-corrected chi connectivity index (χ0v) is 22.6. The van der Waals surface area contributed by atoms with Gasteiger partial charge in [0.05, 0.1) is 9.77 Å². The number of aromatic nitrogens is 2. The normalized spacial score (nSPS) is 11.7. The number of hydrogen-bond donors (Lipinski definition) is 3. The Morgan fingerprint density at radius 2 is 1.62 bits per heavy atom. The molecular formula is C25H23N5O4S3. The summed E-state index contributed by atoms with van der Waals surface area (Å²) in [6.45, 7) is 5.17. The second kappa shape index (κ2) is 11.0. The first-order valence-electron chi connectivity index (χ1n) is 11.0. The van der Waals surface area contributed by atoms with Gasteiger partial charge in [0.1, 0.15) is 5.70 Å². The Labute approximate surface area is 222 Å². The van der Waals surface area contributed by atoms with Crippen molar-refractivity contribution >= 4 is 62.2 Å². The summed E-state index contributed by atoms with van der Waals surface area (Å²) in [5.41, 5.74) is 2.24. The maximum Gasteiger partial charge on any atom is 0.272 e. The SMILES string of the molecule is Cc1cc(C)nc(NS(=O)(=O)c2ccc(NC(=O)/C(=C\c3cccs3)NC(=O)c3cccs3)c(C)c2)n1. The van der Waals surface area contributed by atoms with Gasteiger partial charge in [-0.1, -0.05) is 12.1 Å². The number of sulfonamides is 1. The number of nitrogens with zero attached hydrogens (tertiary/aromatic N) is 2. The van der Waals surface area contributed by atoms with Gasteiger partial charge in [-0.2, -0.15) is 0 Å². The molecule has 0 aliphatic heterocycles. The monoisotopic (exact) mass is 553 g/mol. The molecule has 3 heterocycles. The molecular weight excluding hydrogens is 531 g/mol. The number of carbonyl (C=O) groups is 2. The zero-order chi connectivity index (χ0) is 26.6. The molecule has 12 heteroatoms. The minimum atomic E-state index is -3.96. The molecule has 2 amide bonds. The van der Waals surface area contributed by atoms with Crippen molar-refractivity contribution < 1.29 is 18.0 Å². The van der Waals surface area contributed by atoms with E-state index in [-0.39, 0.29) is 16.5 Å². The van der Waals surface area contributed by atoms with Crippen LogP contribution in [0.3, 0.4) is 0 Å². The summed E-state index contributed by atoms with van der Waals surface area (Å²) in [4.78, 5) is 35.2. The highest BCUT2D eigenvalue weighted by Crippen LogP contribution is 2.23. The van der Waals surface area contributed by atoms with Gasteiger partial charge in [-0.05, 0) is 79.6 Å². The summed E-state index contributed by atoms with van der Waals surface area (Å²) in [6, 6.07) is 13.1. The van der Waals surface area contributed by atoms with Gasteiger partial charge < -0.3 is 10.6 Å². The standard InChI is InChI=1S/C25H23N5O4S3/c1-15-12-19(37(33,34)30-25-26-16(2)13-17(3)27-25)8-9-20(15)28-23(31)21(14-18-6-4-10-35-18)29-24(32)22-7-5-11-36-22/h4-14H,1-3H3,(H,28,31)(H,29,32)(H,26,27,30)/b21-14+. The van der Waals surface area contributed by atoms with Crippen molar-refractivity contribution in [3.8, 4) is 0 Å². The van der Waals surface area contributed by atoms with Crippen molar-refractivity contribution in [3.05, 3.63) is 91.7 Å². The average Bonchev–Trinajstić information content (AvgIpc) is 3.53. The molecule has 9 nitrogen and oxygen atoms in total. The lowest BCUT2D eigenvalue weighted by Gasteiger charge is -2.14. The van der Waals surface area contributed by atoms with Crippen LogP contribution in [0.2, 0.25) is 0 Å². The highest BCUT2D eigenvalue weighted by atomic mass is 32.2. The van der Waals surface area contributed by atoms with Crippen LogP contribution in [-0.4, -0.2) is 30.2 Å². The van der Waals surface area contributed by atoms with Crippen LogP contribution in [0.4, 0.5) is 11.6 Å². The lowest BCUT2D eigenvalue weighted by atomic mass is 10.2. The van der Waals surface area contributed by atoms with Gasteiger partial charge in [0.15, 0.2) is 0 Å². The van der Waals surface area contributed by atoms with E-state index in [1.807, 2.05) is 17.5 Å². The van der Waals surface area contributed by atoms with Crippen LogP contribution in [0.15, 0.2) is 69.9 Å². The quantitative estimate of drug-likeness (QED) is 0.270. The average molecular weight is 554 g/mol. The van der Waals surface area contributed by atoms with Crippen molar-refractivity contribution in [2.75, 3.05) is 10.0 Å². The fourth-order valence-corrected chi connectivity index (χ4v) is 5.65. The number of carbonyl (C=O) groups excluding carboxylic acids is 2. The molecule has 0 spiro atoms. The van der Waals surface area contributed by atoms with E-state index in [1.54, 1.807) is 50.4 Å². The molecule has 1 aromatic carbocycles. The van der Waals surface area contributed by atoms with E-state index in [0.717, 1.165) is 4.88 Å². The Bertz CT molecular complexity index is 1560. The summed E-state index contributed by atoms with van der Waals surface area (Å²) >= 11 is 2.69. The summed E-state index contributed by atoms with van der Waals surface area (Å²) in [6.07, 6.45) is 1.59. The van der Waals surface area contributed by atoms with Crippen molar-refractivity contribution in [2.24, 2.45) is 0 Å². The first-order chi connectivity index (χ1) is 17.6. The van der Waals surface area contributed by atoms with Crippen molar-refractivity contribution in [1.29, 1.82) is 0 Å². The third kappa shape index (κ3) is 6.67. The Balaban J connectivity index is 1.54. The Kier molecular flexibility index (Phi) is 7.81. The summed E-state index contributed by atoms with van der Waals surface area (Å²) in [7, 11) is -3.96. The van der Waals surface area contributed by atoms with Gasteiger partial charge in [0.25, 0.3) is 21.8 Å². The molecule has 0 unspecified atom stereocenters. The smallest absolute Gasteiger partial charge is 0.272 e. The van der Waals surface area contributed by atoms with Gasteiger partial charge in [-0.15, -0.1) is 22.7 Å². The van der Waals surface area contributed by atoms with Gasteiger partial charge in [0, 0.05) is 22.0 Å². The summed E-state index contributed by atoms with van der Waals surface area (Å²) in [5.74, 6) is -0.957. The van der Waals surface area contributed by atoms with Crippen LogP contribution in [0.1, 0.15) is 31.5 Å². The van der Waals surface area contributed by atoms with E-state index in [2.05, 4.69) is 25.3 Å². The van der Waals surface area contributed by atoms with E-state index >= 15 is 0 Å². The fraction of sp³-hybridized carbons (Fsp3) is 0.120. The molecule has 0 fully saturated rings. The first kappa shape index (κ1) is 26.2. The Morgan fingerprint density at radius 3 is 2.24 bits per heavy atom. The van der Waals surface area contributed by atoms with E-state index < -0.39 is 21.8 Å². The van der Waals surface area contributed by atoms with E-state index in [4.69, 9.17) is 0 Å². The molecule has 0 radical (unpaired) electrons. The second-order valence-electron chi connectivity index (χ2n) is 8.02. The minimum Gasteiger partial charge on any atom is -0.320 e. The number of aryl methyl sites for hydroxylation is 3. The Morgan fingerprint density at radius 1 is 0.919 bits per heavy atom. The van der Waals surface area contributed by atoms with E-state index in [1.165, 1.54) is 40.9 Å². The number of nitrogens with one attached hydrogen (secondary N) is 3. The largest absolute Gasteiger partial charge is 0.320 e. The predicted octanol–water partition coefficient (Wildman–Crippen LogP) is 4.74. The molecule has 0 aliphatic carbocycles. The van der Waals surface area contributed by atoms with Crippen LogP contribution >= 0.6 is 22.7 Å².